The largest absolute Gasteiger partial charge is 0.349 e. The van der Waals surface area contributed by atoms with Gasteiger partial charge in [-0.2, -0.15) is 0 Å². The van der Waals surface area contributed by atoms with Crippen molar-refractivity contribution in [2.24, 2.45) is 5.92 Å². The lowest BCUT2D eigenvalue weighted by Gasteiger charge is -2.30. The molecule has 1 aliphatic rings. The van der Waals surface area contributed by atoms with Crippen molar-refractivity contribution in [2.45, 2.75) is 45.1 Å². The molecule has 3 heteroatoms. The second kappa shape index (κ2) is 4.32. The van der Waals surface area contributed by atoms with Gasteiger partial charge in [0.15, 0.2) is 0 Å². The molecule has 13 heavy (non-hydrogen) atoms. The van der Waals surface area contributed by atoms with Crippen LogP contribution in [-0.2, 0) is 4.79 Å². The van der Waals surface area contributed by atoms with Crippen molar-refractivity contribution in [1.29, 1.82) is 0 Å². The molecule has 1 amide bonds. The molecular weight excluding hydrogens is 186 g/mol. The van der Waals surface area contributed by atoms with Gasteiger partial charge in [-0.3, -0.25) is 4.79 Å². The highest BCUT2D eigenvalue weighted by molar-refractivity contribution is 6.18. The van der Waals surface area contributed by atoms with Gasteiger partial charge >= 0.3 is 0 Å². The van der Waals surface area contributed by atoms with Crippen molar-refractivity contribution >= 4 is 17.5 Å². The molecule has 0 bridgehead atoms. The molecule has 0 aromatic carbocycles. The first kappa shape index (κ1) is 10.8. The second-order valence-electron chi connectivity index (χ2n) is 3.88. The minimum absolute atomic E-state index is 0.165. The van der Waals surface area contributed by atoms with E-state index in [1.165, 1.54) is 0 Å². The summed E-state index contributed by atoms with van der Waals surface area (Å²) in [5.41, 5.74) is -0.165. The Morgan fingerprint density at radius 2 is 2.00 bits per heavy atom. The molecule has 0 aliphatic heterocycles. The molecule has 0 unspecified atom stereocenters. The summed E-state index contributed by atoms with van der Waals surface area (Å²) in [6.45, 7) is 4.14. The first-order chi connectivity index (χ1) is 6.17. The summed E-state index contributed by atoms with van der Waals surface area (Å²) in [6.07, 6.45) is 3.92. The Hall–Kier alpha value is -0.240. The maximum absolute atomic E-state index is 11.5. The van der Waals surface area contributed by atoms with Crippen molar-refractivity contribution in [3.63, 3.8) is 0 Å². The van der Waals surface area contributed by atoms with Gasteiger partial charge in [0.1, 0.15) is 0 Å². The van der Waals surface area contributed by atoms with Crippen LogP contribution in [0.4, 0.5) is 0 Å². The molecule has 2 nitrogen and oxygen atoms in total. The van der Waals surface area contributed by atoms with Crippen molar-refractivity contribution < 1.29 is 4.79 Å². The molecule has 0 radical (unpaired) electrons. The Labute approximate surface area is 85.0 Å². The van der Waals surface area contributed by atoms with Gasteiger partial charge in [0, 0.05) is 11.8 Å². The van der Waals surface area contributed by atoms with Crippen molar-refractivity contribution in [2.75, 3.05) is 5.88 Å². The van der Waals surface area contributed by atoms with E-state index in [-0.39, 0.29) is 17.4 Å². The predicted molar refractivity (Wildman–Crippen MR) is 54.9 cm³/mol. The zero-order valence-corrected chi connectivity index (χ0v) is 9.16. The summed E-state index contributed by atoms with van der Waals surface area (Å²) in [5.74, 6) is 0.989. The number of carbonyl (C=O) groups excluding carboxylic acids is 1. The zero-order chi connectivity index (χ0) is 9.90. The molecule has 0 aromatic rings. The van der Waals surface area contributed by atoms with E-state index in [1.807, 2.05) is 0 Å². The van der Waals surface area contributed by atoms with E-state index in [4.69, 9.17) is 11.6 Å². The third-order valence-electron chi connectivity index (χ3n) is 2.95. The molecule has 1 aliphatic carbocycles. The van der Waals surface area contributed by atoms with Gasteiger partial charge in [-0.25, -0.2) is 0 Å². The van der Waals surface area contributed by atoms with Crippen LogP contribution in [0.2, 0.25) is 0 Å². The smallest absolute Gasteiger partial charge is 0.223 e. The molecule has 0 saturated heterocycles. The normalized spacial score (nSPS) is 17.2. The van der Waals surface area contributed by atoms with Gasteiger partial charge in [-0.05, 0) is 25.7 Å². The second-order valence-corrected chi connectivity index (χ2v) is 4.15. The van der Waals surface area contributed by atoms with Crippen LogP contribution in [0.3, 0.4) is 0 Å². The third kappa shape index (κ3) is 2.60. The van der Waals surface area contributed by atoms with Crippen LogP contribution in [0.25, 0.3) is 0 Å². The SMILES string of the molecule is CCC(CC)(CCl)NC(=O)C1CC1. The quantitative estimate of drug-likeness (QED) is 0.683. The number of halogens is 1. The van der Waals surface area contributed by atoms with E-state index in [1.54, 1.807) is 0 Å². The third-order valence-corrected chi connectivity index (χ3v) is 3.46. The molecule has 76 valence electrons. The fourth-order valence-corrected chi connectivity index (χ4v) is 1.80. The highest BCUT2D eigenvalue weighted by Gasteiger charge is 2.35. The van der Waals surface area contributed by atoms with Gasteiger partial charge in [0.25, 0.3) is 0 Å². The van der Waals surface area contributed by atoms with Gasteiger partial charge in [-0.1, -0.05) is 13.8 Å². The van der Waals surface area contributed by atoms with E-state index in [0.717, 1.165) is 25.7 Å². The molecule has 1 N–H and O–H groups in total. The molecule has 1 fully saturated rings. The topological polar surface area (TPSA) is 29.1 Å². The van der Waals surface area contributed by atoms with Crippen LogP contribution in [0.1, 0.15) is 39.5 Å². The number of amides is 1. The summed E-state index contributed by atoms with van der Waals surface area (Å²) in [4.78, 5) is 11.5. The molecule has 0 aromatic heterocycles. The number of alkyl halides is 1. The first-order valence-electron chi connectivity index (χ1n) is 5.05. The van der Waals surface area contributed by atoms with Crippen LogP contribution >= 0.6 is 11.6 Å². The van der Waals surface area contributed by atoms with Gasteiger partial charge < -0.3 is 5.32 Å². The summed E-state index contributed by atoms with van der Waals surface area (Å²) in [5, 5.41) is 3.07. The number of hydrogen-bond donors (Lipinski definition) is 1. The van der Waals surface area contributed by atoms with Crippen molar-refractivity contribution in [3.05, 3.63) is 0 Å². The zero-order valence-electron chi connectivity index (χ0n) is 8.40. The Morgan fingerprint density at radius 1 is 1.46 bits per heavy atom. The highest BCUT2D eigenvalue weighted by Crippen LogP contribution is 2.30. The first-order valence-corrected chi connectivity index (χ1v) is 5.59. The van der Waals surface area contributed by atoms with Crippen molar-refractivity contribution in [1.82, 2.24) is 5.32 Å². The lowest BCUT2D eigenvalue weighted by Crippen LogP contribution is -2.49. The van der Waals surface area contributed by atoms with Gasteiger partial charge in [0.2, 0.25) is 5.91 Å². The molecule has 1 saturated carbocycles. The van der Waals surface area contributed by atoms with Crippen molar-refractivity contribution in [3.8, 4) is 0 Å². The maximum atomic E-state index is 11.5. The number of hydrogen-bond acceptors (Lipinski definition) is 1. The van der Waals surface area contributed by atoms with Crippen LogP contribution in [-0.4, -0.2) is 17.3 Å². The average Bonchev–Trinajstić information content (AvgIpc) is 2.97. The number of rotatable bonds is 5. The van der Waals surface area contributed by atoms with E-state index in [2.05, 4.69) is 19.2 Å². The van der Waals surface area contributed by atoms with Gasteiger partial charge in [-0.15, -0.1) is 11.6 Å². The highest BCUT2D eigenvalue weighted by atomic mass is 35.5. The summed E-state index contributed by atoms with van der Waals surface area (Å²) < 4.78 is 0. The number of carbonyl (C=O) groups is 1. The molecule has 1 rings (SSSR count). The monoisotopic (exact) mass is 203 g/mol. The maximum Gasteiger partial charge on any atom is 0.223 e. The molecule has 0 atom stereocenters. The van der Waals surface area contributed by atoms with Crippen LogP contribution < -0.4 is 5.32 Å². The summed E-state index contributed by atoms with van der Waals surface area (Å²) in [6, 6.07) is 0. The summed E-state index contributed by atoms with van der Waals surface area (Å²) in [7, 11) is 0. The Morgan fingerprint density at radius 3 is 2.31 bits per heavy atom. The average molecular weight is 204 g/mol. The molecule has 0 spiro atoms. The lowest BCUT2D eigenvalue weighted by molar-refractivity contribution is -0.124. The lowest BCUT2D eigenvalue weighted by atomic mass is 9.95. The fourth-order valence-electron chi connectivity index (χ4n) is 1.36. The molecule has 0 heterocycles. The van der Waals surface area contributed by atoms with Gasteiger partial charge in [0.05, 0.1) is 5.54 Å². The Kier molecular flexibility index (Phi) is 3.60. The summed E-state index contributed by atoms with van der Waals surface area (Å²) >= 11 is 5.88. The molecular formula is C10H18ClNO. The standard InChI is InChI=1S/C10H18ClNO/c1-3-10(4-2,7-11)12-9(13)8-5-6-8/h8H,3-7H2,1-2H3,(H,12,13). The Bertz CT molecular complexity index is 177. The van der Waals surface area contributed by atoms with Crippen LogP contribution in [0.5, 0.6) is 0 Å². The van der Waals surface area contributed by atoms with Crippen LogP contribution in [0, 0.1) is 5.92 Å². The van der Waals surface area contributed by atoms with E-state index >= 15 is 0 Å². The minimum atomic E-state index is -0.165. The Balaban J connectivity index is 2.49. The van der Waals surface area contributed by atoms with E-state index in [9.17, 15) is 4.79 Å². The minimum Gasteiger partial charge on any atom is -0.349 e. The fraction of sp³-hybridized carbons (Fsp3) is 0.900. The van der Waals surface area contributed by atoms with E-state index in [0.29, 0.717) is 5.88 Å². The predicted octanol–water partition coefficient (Wildman–Crippen LogP) is 2.31. The van der Waals surface area contributed by atoms with Crippen LogP contribution in [0.15, 0.2) is 0 Å². The van der Waals surface area contributed by atoms with E-state index < -0.39 is 0 Å². The number of nitrogens with one attached hydrogen (secondary N) is 1.